The molecule has 1 aliphatic carbocycles. The lowest BCUT2D eigenvalue weighted by Crippen LogP contribution is -2.37. The maximum absolute atomic E-state index is 5.76. The molecule has 92 valence electrons. The Labute approximate surface area is 107 Å². The van der Waals surface area contributed by atoms with Gasteiger partial charge in [0, 0.05) is 18.3 Å². The van der Waals surface area contributed by atoms with Crippen LogP contribution >= 0.6 is 0 Å². The van der Waals surface area contributed by atoms with Gasteiger partial charge >= 0.3 is 0 Å². The number of nitrogens with two attached hydrogens (primary N) is 1. The molecule has 1 aromatic heterocycles. The van der Waals surface area contributed by atoms with Crippen molar-refractivity contribution in [3.8, 4) is 0 Å². The van der Waals surface area contributed by atoms with Gasteiger partial charge in [-0.1, -0.05) is 24.3 Å². The standard InChI is InChI=1S/C15H17N3/c1-10-6-7-17-9-14(10)15(18-16)13-8-11-4-2-3-5-12(11)13/h2-7,9,13,15,18H,8,16H2,1H3. The molecule has 0 amide bonds. The third-order valence-corrected chi connectivity index (χ3v) is 3.89. The quantitative estimate of drug-likeness (QED) is 0.638. The van der Waals surface area contributed by atoms with Crippen LogP contribution in [0.5, 0.6) is 0 Å². The number of hydrogen-bond donors (Lipinski definition) is 2. The van der Waals surface area contributed by atoms with E-state index in [9.17, 15) is 0 Å². The highest BCUT2D eigenvalue weighted by Gasteiger charge is 2.33. The van der Waals surface area contributed by atoms with Crippen LogP contribution in [0.4, 0.5) is 0 Å². The Balaban J connectivity index is 1.95. The number of benzene rings is 1. The highest BCUT2D eigenvalue weighted by molar-refractivity contribution is 5.43. The molecular weight excluding hydrogens is 222 g/mol. The lowest BCUT2D eigenvalue weighted by atomic mass is 9.71. The average Bonchev–Trinajstić information content (AvgIpc) is 2.37. The largest absolute Gasteiger partial charge is 0.271 e. The van der Waals surface area contributed by atoms with E-state index in [1.807, 2.05) is 18.5 Å². The molecule has 0 bridgehead atoms. The zero-order chi connectivity index (χ0) is 12.5. The van der Waals surface area contributed by atoms with Crippen molar-refractivity contribution in [2.24, 2.45) is 5.84 Å². The van der Waals surface area contributed by atoms with Crippen LogP contribution in [0.15, 0.2) is 42.7 Å². The molecule has 2 aromatic rings. The highest BCUT2D eigenvalue weighted by atomic mass is 15.2. The second-order valence-electron chi connectivity index (χ2n) is 4.89. The maximum atomic E-state index is 5.76. The predicted octanol–water partition coefficient (Wildman–Crippen LogP) is 2.23. The molecule has 0 fully saturated rings. The monoisotopic (exact) mass is 239 g/mol. The van der Waals surface area contributed by atoms with Crippen LogP contribution in [0.25, 0.3) is 0 Å². The Morgan fingerprint density at radius 1 is 1.33 bits per heavy atom. The summed E-state index contributed by atoms with van der Waals surface area (Å²) >= 11 is 0. The molecule has 3 heteroatoms. The second-order valence-corrected chi connectivity index (χ2v) is 4.89. The maximum Gasteiger partial charge on any atom is 0.0549 e. The molecule has 3 N–H and O–H groups in total. The number of nitrogens with one attached hydrogen (secondary N) is 1. The van der Waals surface area contributed by atoms with Crippen molar-refractivity contribution in [2.45, 2.75) is 25.3 Å². The number of fused-ring (bicyclic) bond motifs is 1. The van der Waals surface area contributed by atoms with E-state index in [2.05, 4.69) is 41.6 Å². The molecule has 0 saturated carbocycles. The van der Waals surface area contributed by atoms with E-state index in [-0.39, 0.29) is 6.04 Å². The summed E-state index contributed by atoms with van der Waals surface area (Å²) in [4.78, 5) is 4.22. The molecule has 2 unspecified atom stereocenters. The van der Waals surface area contributed by atoms with Crippen LogP contribution in [0.3, 0.4) is 0 Å². The molecule has 2 atom stereocenters. The number of hydrogen-bond acceptors (Lipinski definition) is 3. The minimum atomic E-state index is 0.147. The van der Waals surface area contributed by atoms with Gasteiger partial charge < -0.3 is 0 Å². The molecule has 1 aliphatic rings. The second kappa shape index (κ2) is 4.52. The van der Waals surface area contributed by atoms with Crippen LogP contribution in [-0.2, 0) is 6.42 Å². The normalized spacial score (nSPS) is 18.9. The zero-order valence-corrected chi connectivity index (χ0v) is 10.4. The molecule has 3 nitrogen and oxygen atoms in total. The number of aromatic nitrogens is 1. The number of nitrogens with zero attached hydrogens (tertiary/aromatic N) is 1. The van der Waals surface area contributed by atoms with E-state index in [4.69, 9.17) is 5.84 Å². The summed E-state index contributed by atoms with van der Waals surface area (Å²) in [7, 11) is 0. The van der Waals surface area contributed by atoms with Gasteiger partial charge in [-0.25, -0.2) is 0 Å². The topological polar surface area (TPSA) is 50.9 Å². The molecule has 0 saturated heterocycles. The summed E-state index contributed by atoms with van der Waals surface area (Å²) in [5.74, 6) is 6.22. The summed E-state index contributed by atoms with van der Waals surface area (Å²) in [5, 5.41) is 0. The van der Waals surface area contributed by atoms with Crippen LogP contribution in [0.1, 0.15) is 34.2 Å². The first-order valence-corrected chi connectivity index (χ1v) is 6.25. The molecule has 0 spiro atoms. The van der Waals surface area contributed by atoms with Crippen molar-refractivity contribution in [2.75, 3.05) is 0 Å². The van der Waals surface area contributed by atoms with Gasteiger partial charge in [-0.3, -0.25) is 16.3 Å². The summed E-state index contributed by atoms with van der Waals surface area (Å²) in [6, 6.07) is 10.7. The number of aryl methyl sites for hydroxylation is 1. The smallest absolute Gasteiger partial charge is 0.0549 e. The van der Waals surface area contributed by atoms with Gasteiger partial charge in [-0.15, -0.1) is 0 Å². The van der Waals surface area contributed by atoms with Gasteiger partial charge in [0.1, 0.15) is 0 Å². The Hall–Kier alpha value is -1.71. The lowest BCUT2D eigenvalue weighted by Gasteiger charge is -2.36. The van der Waals surface area contributed by atoms with Gasteiger partial charge in [0.15, 0.2) is 0 Å². The summed E-state index contributed by atoms with van der Waals surface area (Å²) in [6.45, 7) is 2.10. The minimum Gasteiger partial charge on any atom is -0.271 e. The van der Waals surface area contributed by atoms with E-state index in [1.54, 1.807) is 0 Å². The van der Waals surface area contributed by atoms with Crippen LogP contribution in [0, 0.1) is 6.92 Å². The van der Waals surface area contributed by atoms with Crippen molar-refractivity contribution in [1.29, 1.82) is 0 Å². The lowest BCUT2D eigenvalue weighted by molar-refractivity contribution is 0.417. The van der Waals surface area contributed by atoms with Crippen LogP contribution < -0.4 is 11.3 Å². The summed E-state index contributed by atoms with van der Waals surface area (Å²) in [6.07, 6.45) is 4.82. The third-order valence-electron chi connectivity index (χ3n) is 3.89. The van der Waals surface area contributed by atoms with Gasteiger partial charge in [-0.2, -0.15) is 0 Å². The van der Waals surface area contributed by atoms with Gasteiger partial charge in [-0.05, 0) is 41.7 Å². The molecular formula is C15H17N3. The Morgan fingerprint density at radius 2 is 2.17 bits per heavy atom. The van der Waals surface area contributed by atoms with Gasteiger partial charge in [0.2, 0.25) is 0 Å². The summed E-state index contributed by atoms with van der Waals surface area (Å²) in [5.41, 5.74) is 8.23. The van der Waals surface area contributed by atoms with E-state index in [0.717, 1.165) is 6.42 Å². The SMILES string of the molecule is Cc1ccncc1C(NN)C1Cc2ccccc21. The third kappa shape index (κ3) is 1.72. The fourth-order valence-corrected chi connectivity index (χ4v) is 2.82. The minimum absolute atomic E-state index is 0.147. The molecule has 0 radical (unpaired) electrons. The van der Waals surface area contributed by atoms with Crippen LogP contribution in [-0.4, -0.2) is 4.98 Å². The van der Waals surface area contributed by atoms with Crippen molar-refractivity contribution in [1.82, 2.24) is 10.4 Å². The predicted molar refractivity (Wildman–Crippen MR) is 71.9 cm³/mol. The van der Waals surface area contributed by atoms with Crippen LogP contribution in [0.2, 0.25) is 0 Å². The first kappa shape index (κ1) is 11.4. The highest BCUT2D eigenvalue weighted by Crippen LogP contribution is 2.43. The average molecular weight is 239 g/mol. The van der Waals surface area contributed by atoms with Crippen molar-refractivity contribution in [3.05, 3.63) is 65.0 Å². The Bertz CT molecular complexity index is 565. The first-order chi connectivity index (χ1) is 8.81. The molecule has 1 heterocycles. The Morgan fingerprint density at radius 3 is 2.89 bits per heavy atom. The Kier molecular flexibility index (Phi) is 2.86. The first-order valence-electron chi connectivity index (χ1n) is 6.25. The number of pyridine rings is 1. The van der Waals surface area contributed by atoms with Crippen molar-refractivity contribution < 1.29 is 0 Å². The zero-order valence-electron chi connectivity index (χ0n) is 10.4. The van der Waals surface area contributed by atoms with E-state index >= 15 is 0 Å². The fourth-order valence-electron chi connectivity index (χ4n) is 2.82. The molecule has 18 heavy (non-hydrogen) atoms. The van der Waals surface area contributed by atoms with Gasteiger partial charge in [0.05, 0.1) is 6.04 Å². The van der Waals surface area contributed by atoms with E-state index in [0.29, 0.717) is 5.92 Å². The number of rotatable bonds is 3. The van der Waals surface area contributed by atoms with E-state index < -0.39 is 0 Å². The molecule has 1 aromatic carbocycles. The summed E-state index contributed by atoms with van der Waals surface area (Å²) < 4.78 is 0. The van der Waals surface area contributed by atoms with Crippen molar-refractivity contribution >= 4 is 0 Å². The van der Waals surface area contributed by atoms with Crippen molar-refractivity contribution in [3.63, 3.8) is 0 Å². The number of hydrazine groups is 1. The van der Waals surface area contributed by atoms with E-state index in [1.165, 1.54) is 22.3 Å². The fraction of sp³-hybridized carbons (Fsp3) is 0.267. The molecule has 3 rings (SSSR count). The molecule has 0 aliphatic heterocycles. The van der Waals surface area contributed by atoms with Gasteiger partial charge in [0.25, 0.3) is 0 Å².